The van der Waals surface area contributed by atoms with E-state index in [1.165, 1.54) is 11.1 Å². The number of benzene rings is 1. The fourth-order valence-corrected chi connectivity index (χ4v) is 2.37. The minimum Gasteiger partial charge on any atom is -0.314 e. The molecule has 3 nitrogen and oxygen atoms in total. The first-order chi connectivity index (χ1) is 8.24. The first-order valence-electron chi connectivity index (χ1n) is 6.41. The highest BCUT2D eigenvalue weighted by Crippen LogP contribution is 2.07. The molecule has 0 radical (unpaired) electrons. The number of nitrogens with zero attached hydrogens (tertiary/aromatic N) is 2. The Bertz CT molecular complexity index is 345. The minimum atomic E-state index is 1.03. The Morgan fingerprint density at radius 3 is 2.76 bits per heavy atom. The largest absolute Gasteiger partial charge is 0.314 e. The van der Waals surface area contributed by atoms with E-state index in [0.717, 1.165) is 39.4 Å². The van der Waals surface area contributed by atoms with Crippen LogP contribution in [0.5, 0.6) is 0 Å². The molecule has 3 heteroatoms. The van der Waals surface area contributed by atoms with E-state index in [9.17, 15) is 0 Å². The zero-order chi connectivity index (χ0) is 12.1. The molecule has 0 amide bonds. The predicted molar refractivity (Wildman–Crippen MR) is 72.0 cm³/mol. The van der Waals surface area contributed by atoms with Crippen LogP contribution in [0.1, 0.15) is 11.1 Å². The number of piperazine rings is 1. The summed E-state index contributed by atoms with van der Waals surface area (Å²) in [7, 11) is 2.20. The van der Waals surface area contributed by atoms with Crippen LogP contribution in [0.2, 0.25) is 0 Å². The van der Waals surface area contributed by atoms with Crippen LogP contribution in [0.15, 0.2) is 24.3 Å². The van der Waals surface area contributed by atoms with E-state index in [1.54, 1.807) is 0 Å². The third kappa shape index (κ3) is 4.11. The lowest BCUT2D eigenvalue weighted by molar-refractivity contribution is 0.135. The zero-order valence-electron chi connectivity index (χ0n) is 10.9. The molecule has 1 fully saturated rings. The van der Waals surface area contributed by atoms with Gasteiger partial charge in [0.05, 0.1) is 6.67 Å². The van der Waals surface area contributed by atoms with Crippen LogP contribution in [0.25, 0.3) is 0 Å². The van der Waals surface area contributed by atoms with Gasteiger partial charge in [0, 0.05) is 32.7 Å². The topological polar surface area (TPSA) is 18.5 Å². The van der Waals surface area contributed by atoms with Crippen molar-refractivity contribution in [3.8, 4) is 0 Å². The van der Waals surface area contributed by atoms with Gasteiger partial charge in [0.1, 0.15) is 0 Å². The fraction of sp³-hybridized carbons (Fsp3) is 0.571. The van der Waals surface area contributed by atoms with Gasteiger partial charge in [0.15, 0.2) is 0 Å². The number of hydrogen-bond donors (Lipinski definition) is 1. The molecule has 0 spiro atoms. The lowest BCUT2D eigenvalue weighted by Crippen LogP contribution is -2.47. The predicted octanol–water partition coefficient (Wildman–Crippen LogP) is 1.29. The van der Waals surface area contributed by atoms with Crippen molar-refractivity contribution in [3.63, 3.8) is 0 Å². The Labute approximate surface area is 104 Å². The Hall–Kier alpha value is -0.900. The van der Waals surface area contributed by atoms with Crippen molar-refractivity contribution in [3.05, 3.63) is 35.4 Å². The molecule has 1 heterocycles. The minimum absolute atomic E-state index is 1.03. The van der Waals surface area contributed by atoms with E-state index in [-0.39, 0.29) is 0 Å². The summed E-state index contributed by atoms with van der Waals surface area (Å²) in [6.45, 7) is 8.83. The van der Waals surface area contributed by atoms with Crippen molar-refractivity contribution in [2.75, 3.05) is 39.9 Å². The highest BCUT2D eigenvalue weighted by molar-refractivity contribution is 5.21. The number of aryl methyl sites for hydroxylation is 1. The van der Waals surface area contributed by atoms with Crippen molar-refractivity contribution >= 4 is 0 Å². The van der Waals surface area contributed by atoms with E-state index in [0.29, 0.717) is 0 Å². The maximum absolute atomic E-state index is 3.38. The summed E-state index contributed by atoms with van der Waals surface area (Å²) in [5.41, 5.74) is 2.75. The third-order valence-corrected chi connectivity index (χ3v) is 3.19. The average molecular weight is 233 g/mol. The second-order valence-corrected chi connectivity index (χ2v) is 5.01. The molecule has 0 saturated carbocycles. The maximum atomic E-state index is 3.38. The van der Waals surface area contributed by atoms with Crippen molar-refractivity contribution in [1.29, 1.82) is 0 Å². The van der Waals surface area contributed by atoms with Crippen LogP contribution < -0.4 is 5.32 Å². The molecule has 17 heavy (non-hydrogen) atoms. The van der Waals surface area contributed by atoms with E-state index < -0.39 is 0 Å². The van der Waals surface area contributed by atoms with Gasteiger partial charge in [-0.05, 0) is 19.5 Å². The summed E-state index contributed by atoms with van der Waals surface area (Å²) in [5, 5.41) is 3.38. The summed E-state index contributed by atoms with van der Waals surface area (Å²) >= 11 is 0. The molecule has 0 unspecified atom stereocenters. The lowest BCUT2D eigenvalue weighted by atomic mass is 10.1. The summed E-state index contributed by atoms with van der Waals surface area (Å²) in [6, 6.07) is 8.78. The molecule has 1 aliphatic rings. The van der Waals surface area contributed by atoms with Crippen molar-refractivity contribution in [2.45, 2.75) is 13.5 Å². The molecule has 1 aliphatic heterocycles. The van der Waals surface area contributed by atoms with E-state index in [1.807, 2.05) is 0 Å². The Kier molecular flexibility index (Phi) is 4.54. The Balaban J connectivity index is 1.82. The highest BCUT2D eigenvalue weighted by Gasteiger charge is 2.11. The smallest absolute Gasteiger partial charge is 0.0507 e. The molecule has 0 atom stereocenters. The van der Waals surface area contributed by atoms with Crippen molar-refractivity contribution in [2.24, 2.45) is 0 Å². The van der Waals surface area contributed by atoms with Crippen LogP contribution in [-0.4, -0.2) is 49.7 Å². The van der Waals surface area contributed by atoms with Gasteiger partial charge in [0.25, 0.3) is 0 Å². The zero-order valence-corrected chi connectivity index (χ0v) is 10.9. The van der Waals surface area contributed by atoms with Crippen LogP contribution >= 0.6 is 0 Å². The summed E-state index contributed by atoms with van der Waals surface area (Å²) in [5.74, 6) is 0. The molecular weight excluding hydrogens is 210 g/mol. The van der Waals surface area contributed by atoms with Gasteiger partial charge in [-0.15, -0.1) is 0 Å². The van der Waals surface area contributed by atoms with E-state index in [4.69, 9.17) is 0 Å². The molecule has 0 aliphatic carbocycles. The fourth-order valence-electron chi connectivity index (χ4n) is 2.37. The Morgan fingerprint density at radius 1 is 1.29 bits per heavy atom. The van der Waals surface area contributed by atoms with Gasteiger partial charge in [0.2, 0.25) is 0 Å². The van der Waals surface area contributed by atoms with Gasteiger partial charge < -0.3 is 5.32 Å². The molecule has 94 valence electrons. The second-order valence-electron chi connectivity index (χ2n) is 5.01. The standard InChI is InChI=1S/C14H23N3/c1-13-4-3-5-14(10-13)11-16(2)12-17-8-6-15-7-9-17/h3-5,10,15H,6-9,11-12H2,1-2H3. The second kappa shape index (κ2) is 6.15. The monoisotopic (exact) mass is 233 g/mol. The van der Waals surface area contributed by atoms with E-state index >= 15 is 0 Å². The van der Waals surface area contributed by atoms with Gasteiger partial charge in [-0.3, -0.25) is 9.80 Å². The molecule has 0 bridgehead atoms. The average Bonchev–Trinajstić information content (AvgIpc) is 2.30. The molecule has 1 saturated heterocycles. The summed E-state index contributed by atoms with van der Waals surface area (Å²) < 4.78 is 0. The first-order valence-corrected chi connectivity index (χ1v) is 6.41. The molecule has 1 N–H and O–H groups in total. The third-order valence-electron chi connectivity index (χ3n) is 3.19. The number of nitrogens with one attached hydrogen (secondary N) is 1. The molecule has 2 rings (SSSR count). The first kappa shape index (κ1) is 12.6. The normalized spacial score (nSPS) is 17.6. The molecule has 1 aromatic rings. The van der Waals surface area contributed by atoms with Crippen molar-refractivity contribution < 1.29 is 0 Å². The van der Waals surface area contributed by atoms with Crippen LogP contribution in [-0.2, 0) is 6.54 Å². The van der Waals surface area contributed by atoms with Gasteiger partial charge in [-0.25, -0.2) is 0 Å². The van der Waals surface area contributed by atoms with E-state index in [2.05, 4.69) is 53.4 Å². The number of hydrogen-bond acceptors (Lipinski definition) is 3. The maximum Gasteiger partial charge on any atom is 0.0507 e. The lowest BCUT2D eigenvalue weighted by Gasteiger charge is -2.31. The highest BCUT2D eigenvalue weighted by atomic mass is 15.3. The molecule has 0 aromatic heterocycles. The van der Waals surface area contributed by atoms with Gasteiger partial charge >= 0.3 is 0 Å². The Morgan fingerprint density at radius 2 is 2.06 bits per heavy atom. The SMILES string of the molecule is Cc1cccc(CN(C)CN2CCNCC2)c1. The van der Waals surface area contributed by atoms with Crippen LogP contribution in [0, 0.1) is 6.92 Å². The van der Waals surface area contributed by atoms with Gasteiger partial charge in [-0.2, -0.15) is 0 Å². The molecule has 1 aromatic carbocycles. The summed E-state index contributed by atoms with van der Waals surface area (Å²) in [4.78, 5) is 4.90. The quantitative estimate of drug-likeness (QED) is 0.845. The van der Waals surface area contributed by atoms with Crippen LogP contribution in [0.4, 0.5) is 0 Å². The summed E-state index contributed by atoms with van der Waals surface area (Å²) in [6.07, 6.45) is 0. The van der Waals surface area contributed by atoms with Crippen LogP contribution in [0.3, 0.4) is 0 Å². The van der Waals surface area contributed by atoms with Gasteiger partial charge in [-0.1, -0.05) is 29.8 Å². The van der Waals surface area contributed by atoms with Crippen molar-refractivity contribution in [1.82, 2.24) is 15.1 Å². The number of rotatable bonds is 4. The molecular formula is C14H23N3.